The number of aromatic nitrogens is 2. The normalized spacial score (nSPS) is 11.5. The summed E-state index contributed by atoms with van der Waals surface area (Å²) in [6.07, 6.45) is 1.48. The first-order chi connectivity index (χ1) is 14.6. The summed E-state index contributed by atoms with van der Waals surface area (Å²) < 4.78 is 5.16. The fourth-order valence-corrected chi connectivity index (χ4v) is 3.62. The summed E-state index contributed by atoms with van der Waals surface area (Å²) in [5.41, 5.74) is 1.84. The molecule has 30 heavy (non-hydrogen) atoms. The topological polar surface area (TPSA) is 93.2 Å². The van der Waals surface area contributed by atoms with E-state index in [1.165, 1.54) is 11.3 Å². The van der Waals surface area contributed by atoms with Crippen molar-refractivity contribution in [2.75, 3.05) is 12.4 Å². The molecule has 1 unspecified atom stereocenters. The minimum absolute atomic E-state index is 0.148. The van der Waals surface area contributed by atoms with Gasteiger partial charge in [-0.1, -0.05) is 48.6 Å². The number of benzene rings is 2. The van der Waals surface area contributed by atoms with Gasteiger partial charge in [-0.15, -0.1) is 10.2 Å². The zero-order chi connectivity index (χ0) is 21.3. The first-order valence-electron chi connectivity index (χ1n) is 9.71. The molecule has 0 fully saturated rings. The van der Waals surface area contributed by atoms with Crippen LogP contribution in [0.5, 0.6) is 5.75 Å². The van der Waals surface area contributed by atoms with Gasteiger partial charge in [0.15, 0.2) is 0 Å². The molecule has 2 N–H and O–H groups in total. The van der Waals surface area contributed by atoms with Crippen LogP contribution < -0.4 is 15.4 Å². The van der Waals surface area contributed by atoms with Crippen LogP contribution in [0.25, 0.3) is 10.6 Å². The zero-order valence-electron chi connectivity index (χ0n) is 16.9. The van der Waals surface area contributed by atoms with Crippen LogP contribution >= 0.6 is 11.3 Å². The van der Waals surface area contributed by atoms with Gasteiger partial charge in [0.05, 0.1) is 7.11 Å². The van der Waals surface area contributed by atoms with Crippen molar-refractivity contribution in [3.63, 3.8) is 0 Å². The molecule has 8 heteroatoms. The Kier molecular flexibility index (Phi) is 7.51. The zero-order valence-corrected chi connectivity index (χ0v) is 17.7. The van der Waals surface area contributed by atoms with Gasteiger partial charge < -0.3 is 10.1 Å². The lowest BCUT2D eigenvalue weighted by molar-refractivity contribution is -0.126. The van der Waals surface area contributed by atoms with E-state index in [1.807, 2.05) is 61.5 Å². The molecule has 0 bridgehead atoms. The predicted molar refractivity (Wildman–Crippen MR) is 118 cm³/mol. The maximum atomic E-state index is 12.9. The van der Waals surface area contributed by atoms with Gasteiger partial charge in [-0.05, 0) is 36.2 Å². The van der Waals surface area contributed by atoms with Crippen molar-refractivity contribution in [3.05, 3.63) is 60.2 Å². The molecular weight excluding hydrogens is 400 g/mol. The first-order valence-corrected chi connectivity index (χ1v) is 10.5. The Morgan fingerprint density at radius 1 is 1.07 bits per heavy atom. The highest BCUT2D eigenvalue weighted by atomic mass is 32.1. The smallest absolute Gasteiger partial charge is 0.249 e. The molecule has 0 aliphatic rings. The molecule has 1 heterocycles. The molecule has 2 amide bonds. The number of anilines is 1. The summed E-state index contributed by atoms with van der Waals surface area (Å²) in [5.74, 6) is 0.286. The number of ether oxygens (including phenoxy) is 1. The molecule has 3 aromatic rings. The minimum atomic E-state index is -0.695. The van der Waals surface area contributed by atoms with Crippen LogP contribution in [0.15, 0.2) is 54.6 Å². The molecule has 156 valence electrons. The van der Waals surface area contributed by atoms with Crippen molar-refractivity contribution < 1.29 is 14.3 Å². The van der Waals surface area contributed by atoms with E-state index in [0.29, 0.717) is 29.4 Å². The van der Waals surface area contributed by atoms with Crippen LogP contribution in [0.1, 0.15) is 25.3 Å². The molecule has 0 radical (unpaired) electrons. The molecular formula is C22H24N4O3S. The molecule has 3 rings (SSSR count). The summed E-state index contributed by atoms with van der Waals surface area (Å²) >= 11 is 1.27. The van der Waals surface area contributed by atoms with Crippen LogP contribution in [0, 0.1) is 0 Å². The average molecular weight is 425 g/mol. The SMILES string of the molecule is CCCC(=O)NC(Cc1ccccc1)C(=O)Nc1nnc(-c2ccc(OC)cc2)s1. The molecule has 0 aliphatic carbocycles. The second-order valence-corrected chi connectivity index (χ2v) is 7.67. The fraction of sp³-hybridized carbons (Fsp3) is 0.273. The molecule has 7 nitrogen and oxygen atoms in total. The Labute approximate surface area is 179 Å². The monoisotopic (exact) mass is 424 g/mol. The van der Waals surface area contributed by atoms with E-state index in [1.54, 1.807) is 7.11 Å². The Morgan fingerprint density at radius 2 is 1.80 bits per heavy atom. The molecule has 0 aliphatic heterocycles. The highest BCUT2D eigenvalue weighted by Gasteiger charge is 2.22. The van der Waals surface area contributed by atoms with E-state index in [0.717, 1.165) is 16.9 Å². The lowest BCUT2D eigenvalue weighted by atomic mass is 10.1. The van der Waals surface area contributed by atoms with E-state index < -0.39 is 6.04 Å². The van der Waals surface area contributed by atoms with E-state index in [2.05, 4.69) is 20.8 Å². The van der Waals surface area contributed by atoms with Crippen LogP contribution in [0.4, 0.5) is 5.13 Å². The summed E-state index contributed by atoms with van der Waals surface area (Å²) in [7, 11) is 1.61. The number of carbonyl (C=O) groups excluding carboxylic acids is 2. The van der Waals surface area contributed by atoms with Gasteiger partial charge in [-0.2, -0.15) is 0 Å². The van der Waals surface area contributed by atoms with Crippen molar-refractivity contribution >= 4 is 28.3 Å². The van der Waals surface area contributed by atoms with Crippen molar-refractivity contribution in [2.24, 2.45) is 0 Å². The highest BCUT2D eigenvalue weighted by Crippen LogP contribution is 2.27. The van der Waals surface area contributed by atoms with Gasteiger partial charge in [-0.25, -0.2) is 0 Å². The summed E-state index contributed by atoms with van der Waals surface area (Å²) in [6, 6.07) is 16.3. The predicted octanol–water partition coefficient (Wildman–Crippen LogP) is 3.68. The Morgan fingerprint density at radius 3 is 2.47 bits per heavy atom. The first kappa shape index (κ1) is 21.4. The van der Waals surface area contributed by atoms with Gasteiger partial charge in [-0.3, -0.25) is 14.9 Å². The summed E-state index contributed by atoms with van der Waals surface area (Å²) in [6.45, 7) is 1.92. The third-order valence-corrected chi connectivity index (χ3v) is 5.29. The molecule has 2 aromatic carbocycles. The third kappa shape index (κ3) is 5.87. The number of amides is 2. The lowest BCUT2D eigenvalue weighted by Crippen LogP contribution is -2.45. The molecule has 1 atom stereocenters. The second-order valence-electron chi connectivity index (χ2n) is 6.69. The maximum Gasteiger partial charge on any atom is 0.249 e. The van der Waals surface area contributed by atoms with E-state index in [9.17, 15) is 9.59 Å². The van der Waals surface area contributed by atoms with E-state index >= 15 is 0 Å². The number of nitrogens with one attached hydrogen (secondary N) is 2. The molecule has 0 spiro atoms. The fourth-order valence-electron chi connectivity index (χ4n) is 2.87. The Bertz CT molecular complexity index is 974. The summed E-state index contributed by atoms with van der Waals surface area (Å²) in [5, 5.41) is 14.9. The number of rotatable bonds is 9. The van der Waals surface area contributed by atoms with Gasteiger partial charge in [0.1, 0.15) is 16.8 Å². The standard InChI is InChI=1S/C22H24N4O3S/c1-3-7-19(27)23-18(14-15-8-5-4-6-9-15)20(28)24-22-26-25-21(30-22)16-10-12-17(29-2)13-11-16/h4-6,8-13,18H,3,7,14H2,1-2H3,(H,23,27)(H,24,26,28). The van der Waals surface area contributed by atoms with E-state index in [-0.39, 0.29) is 11.8 Å². The van der Waals surface area contributed by atoms with Crippen molar-refractivity contribution in [1.82, 2.24) is 15.5 Å². The third-order valence-electron chi connectivity index (χ3n) is 4.40. The lowest BCUT2D eigenvalue weighted by Gasteiger charge is -2.17. The number of hydrogen-bond acceptors (Lipinski definition) is 6. The quantitative estimate of drug-likeness (QED) is 0.547. The van der Waals surface area contributed by atoms with Crippen LogP contribution in [0.3, 0.4) is 0 Å². The molecule has 0 saturated heterocycles. The Hall–Kier alpha value is -3.26. The van der Waals surface area contributed by atoms with Crippen molar-refractivity contribution in [2.45, 2.75) is 32.2 Å². The minimum Gasteiger partial charge on any atom is -0.497 e. The van der Waals surface area contributed by atoms with Gasteiger partial charge in [0, 0.05) is 18.4 Å². The number of carbonyl (C=O) groups is 2. The molecule has 1 aromatic heterocycles. The van der Waals surface area contributed by atoms with Gasteiger partial charge in [0.2, 0.25) is 16.9 Å². The maximum absolute atomic E-state index is 12.9. The largest absolute Gasteiger partial charge is 0.497 e. The number of methoxy groups -OCH3 is 1. The van der Waals surface area contributed by atoms with Crippen LogP contribution in [-0.2, 0) is 16.0 Å². The highest BCUT2D eigenvalue weighted by molar-refractivity contribution is 7.18. The number of nitrogens with zero attached hydrogens (tertiary/aromatic N) is 2. The van der Waals surface area contributed by atoms with Crippen molar-refractivity contribution in [3.8, 4) is 16.3 Å². The average Bonchev–Trinajstić information content (AvgIpc) is 3.22. The Balaban J connectivity index is 1.71. The molecule has 0 saturated carbocycles. The van der Waals surface area contributed by atoms with Crippen LogP contribution in [0.2, 0.25) is 0 Å². The van der Waals surface area contributed by atoms with Crippen molar-refractivity contribution in [1.29, 1.82) is 0 Å². The number of hydrogen-bond donors (Lipinski definition) is 2. The van der Waals surface area contributed by atoms with E-state index in [4.69, 9.17) is 4.74 Å². The second kappa shape index (κ2) is 10.5. The summed E-state index contributed by atoms with van der Waals surface area (Å²) in [4.78, 5) is 25.0. The van der Waals surface area contributed by atoms with Gasteiger partial charge in [0.25, 0.3) is 0 Å². The van der Waals surface area contributed by atoms with Crippen LogP contribution in [-0.4, -0.2) is 35.2 Å². The van der Waals surface area contributed by atoms with Gasteiger partial charge >= 0.3 is 0 Å².